The number of aromatic nitrogens is 1. The molecule has 1 aromatic carbocycles. The molecule has 1 atom stereocenters. The normalized spacial score (nSPS) is 17.7. The number of benzene rings is 1. The van der Waals surface area contributed by atoms with Crippen LogP contribution >= 0.6 is 11.3 Å². The van der Waals surface area contributed by atoms with E-state index in [1.54, 1.807) is 18.4 Å². The van der Waals surface area contributed by atoms with E-state index in [0.29, 0.717) is 12.6 Å². The van der Waals surface area contributed by atoms with Crippen molar-refractivity contribution in [2.24, 2.45) is 4.99 Å². The molecule has 6 nitrogen and oxygen atoms in total. The first-order valence-corrected chi connectivity index (χ1v) is 10.4. The second kappa shape index (κ2) is 9.60. The first kappa shape index (κ1) is 19.5. The molecule has 2 N–H and O–H groups in total. The summed E-state index contributed by atoms with van der Waals surface area (Å²) in [6.45, 7) is 4.84. The largest absolute Gasteiger partial charge is 0.497 e. The van der Waals surface area contributed by atoms with Gasteiger partial charge in [-0.05, 0) is 31.4 Å². The van der Waals surface area contributed by atoms with E-state index < -0.39 is 0 Å². The zero-order valence-corrected chi connectivity index (χ0v) is 17.2. The molecule has 3 rings (SSSR count). The maximum Gasteiger partial charge on any atom is 0.191 e. The Morgan fingerprint density at radius 2 is 2.33 bits per heavy atom. The summed E-state index contributed by atoms with van der Waals surface area (Å²) in [4.78, 5) is 11.4. The van der Waals surface area contributed by atoms with Gasteiger partial charge in [0.1, 0.15) is 5.75 Å². The minimum absolute atomic E-state index is 0.359. The average molecular weight is 388 g/mol. The molecule has 1 aromatic heterocycles. The number of anilines is 1. The molecule has 27 heavy (non-hydrogen) atoms. The van der Waals surface area contributed by atoms with E-state index in [-0.39, 0.29) is 0 Å². The Morgan fingerprint density at radius 3 is 3.07 bits per heavy atom. The molecule has 0 bridgehead atoms. The Hall–Kier alpha value is -2.28. The molecule has 0 aliphatic carbocycles. The molecule has 0 spiro atoms. The van der Waals surface area contributed by atoms with Gasteiger partial charge >= 0.3 is 0 Å². The number of guanidine groups is 1. The Labute approximate surface area is 165 Å². The van der Waals surface area contributed by atoms with Gasteiger partial charge in [0, 0.05) is 43.3 Å². The van der Waals surface area contributed by atoms with Gasteiger partial charge in [-0.15, -0.1) is 11.3 Å². The number of thiazole rings is 1. The molecular weight excluding hydrogens is 358 g/mol. The number of methoxy groups -OCH3 is 1. The summed E-state index contributed by atoms with van der Waals surface area (Å²) in [7, 11) is 3.53. The van der Waals surface area contributed by atoms with Gasteiger partial charge in [-0.25, -0.2) is 4.98 Å². The van der Waals surface area contributed by atoms with Crippen LogP contribution in [-0.4, -0.2) is 44.2 Å². The molecule has 2 aromatic rings. The average Bonchev–Trinajstić information content (AvgIpc) is 3.19. The van der Waals surface area contributed by atoms with E-state index in [1.165, 1.54) is 10.7 Å². The summed E-state index contributed by atoms with van der Waals surface area (Å²) in [6.07, 6.45) is 3.27. The highest BCUT2D eigenvalue weighted by atomic mass is 32.1. The van der Waals surface area contributed by atoms with Crippen LogP contribution in [0, 0.1) is 0 Å². The van der Waals surface area contributed by atoms with Crippen LogP contribution in [0.15, 0.2) is 34.6 Å². The van der Waals surface area contributed by atoms with Crippen molar-refractivity contribution < 1.29 is 4.74 Å². The second-order valence-corrected chi connectivity index (χ2v) is 7.59. The zero-order valence-electron chi connectivity index (χ0n) is 16.4. The number of piperidine rings is 1. The van der Waals surface area contributed by atoms with Gasteiger partial charge in [0.2, 0.25) is 0 Å². The lowest BCUT2D eigenvalue weighted by Gasteiger charge is -2.35. The van der Waals surface area contributed by atoms with Gasteiger partial charge in [-0.3, -0.25) is 4.99 Å². The Kier molecular flexibility index (Phi) is 6.92. The minimum Gasteiger partial charge on any atom is -0.497 e. The number of hydrogen-bond donors (Lipinski definition) is 2. The number of rotatable bonds is 6. The first-order valence-electron chi connectivity index (χ1n) is 9.51. The molecule has 1 unspecified atom stereocenters. The van der Waals surface area contributed by atoms with Crippen molar-refractivity contribution in [3.63, 3.8) is 0 Å². The van der Waals surface area contributed by atoms with Crippen LogP contribution in [0.25, 0.3) is 0 Å². The molecule has 1 aliphatic rings. The van der Waals surface area contributed by atoms with Crippen molar-refractivity contribution in [1.82, 2.24) is 15.6 Å². The SMILES string of the molecule is CCc1nc(CNC(=NC)NC2CCCN(c3cccc(OC)c3)C2)cs1. The fourth-order valence-corrected chi connectivity index (χ4v) is 4.04. The van der Waals surface area contributed by atoms with Crippen LogP contribution in [0.1, 0.15) is 30.5 Å². The van der Waals surface area contributed by atoms with Gasteiger partial charge in [0.15, 0.2) is 5.96 Å². The summed E-state index contributed by atoms with van der Waals surface area (Å²) >= 11 is 1.72. The topological polar surface area (TPSA) is 61.8 Å². The van der Waals surface area contributed by atoms with E-state index in [0.717, 1.165) is 49.8 Å². The van der Waals surface area contributed by atoms with Gasteiger partial charge in [-0.2, -0.15) is 0 Å². The van der Waals surface area contributed by atoms with Crippen LogP contribution in [-0.2, 0) is 13.0 Å². The van der Waals surface area contributed by atoms with Gasteiger partial charge in [0.05, 0.1) is 24.4 Å². The molecule has 7 heteroatoms. The highest BCUT2D eigenvalue weighted by Crippen LogP contribution is 2.24. The van der Waals surface area contributed by atoms with Crippen LogP contribution < -0.4 is 20.3 Å². The molecule has 1 aliphatic heterocycles. The van der Waals surface area contributed by atoms with Crippen molar-refractivity contribution in [3.05, 3.63) is 40.3 Å². The number of nitrogens with zero attached hydrogens (tertiary/aromatic N) is 3. The standard InChI is InChI=1S/C20H29N5OS/c1-4-19-23-16(14-27-19)12-22-20(21-2)24-15-7-6-10-25(13-15)17-8-5-9-18(11-17)26-3/h5,8-9,11,14-15H,4,6-7,10,12-13H2,1-3H3,(H2,21,22,24). The number of nitrogens with one attached hydrogen (secondary N) is 2. The van der Waals surface area contributed by atoms with Crippen LogP contribution in [0.4, 0.5) is 5.69 Å². The van der Waals surface area contributed by atoms with Crippen molar-refractivity contribution in [3.8, 4) is 5.75 Å². The number of ether oxygens (including phenoxy) is 1. The first-order chi connectivity index (χ1) is 13.2. The van der Waals surface area contributed by atoms with Crippen LogP contribution in [0.2, 0.25) is 0 Å². The van der Waals surface area contributed by atoms with Gasteiger partial charge < -0.3 is 20.3 Å². The molecule has 0 saturated carbocycles. The molecule has 0 radical (unpaired) electrons. The van der Waals surface area contributed by atoms with E-state index in [9.17, 15) is 0 Å². The van der Waals surface area contributed by atoms with E-state index in [2.05, 4.69) is 49.9 Å². The lowest BCUT2D eigenvalue weighted by molar-refractivity contribution is 0.414. The maximum absolute atomic E-state index is 5.36. The maximum atomic E-state index is 5.36. The second-order valence-electron chi connectivity index (χ2n) is 6.64. The molecule has 0 amide bonds. The predicted octanol–water partition coefficient (Wildman–Crippen LogP) is 3.05. The van der Waals surface area contributed by atoms with Crippen LogP contribution in [0.3, 0.4) is 0 Å². The number of hydrogen-bond acceptors (Lipinski definition) is 5. The zero-order chi connectivity index (χ0) is 19.1. The predicted molar refractivity (Wildman–Crippen MR) is 113 cm³/mol. The van der Waals surface area contributed by atoms with E-state index in [4.69, 9.17) is 4.74 Å². The molecule has 1 saturated heterocycles. The van der Waals surface area contributed by atoms with Crippen molar-refractivity contribution in [1.29, 1.82) is 0 Å². The summed E-state index contributed by atoms with van der Waals surface area (Å²) in [5.41, 5.74) is 2.28. The van der Waals surface area contributed by atoms with Gasteiger partial charge in [-0.1, -0.05) is 13.0 Å². The smallest absolute Gasteiger partial charge is 0.191 e. The van der Waals surface area contributed by atoms with Crippen molar-refractivity contribution >= 4 is 23.0 Å². The third-order valence-corrected chi connectivity index (χ3v) is 5.78. The minimum atomic E-state index is 0.359. The highest BCUT2D eigenvalue weighted by molar-refractivity contribution is 7.09. The third-order valence-electron chi connectivity index (χ3n) is 4.74. The summed E-state index contributed by atoms with van der Waals surface area (Å²) in [6, 6.07) is 8.63. The summed E-state index contributed by atoms with van der Waals surface area (Å²) in [5, 5.41) is 10.2. The fourth-order valence-electron chi connectivity index (χ4n) is 3.29. The highest BCUT2D eigenvalue weighted by Gasteiger charge is 2.21. The monoisotopic (exact) mass is 387 g/mol. The number of aliphatic imine (C=N–C) groups is 1. The Balaban J connectivity index is 1.55. The molecular formula is C20H29N5OS. The van der Waals surface area contributed by atoms with E-state index >= 15 is 0 Å². The quantitative estimate of drug-likeness (QED) is 0.589. The summed E-state index contributed by atoms with van der Waals surface area (Å²) in [5.74, 6) is 1.73. The lowest BCUT2D eigenvalue weighted by atomic mass is 10.0. The fraction of sp³-hybridized carbons (Fsp3) is 0.500. The molecule has 146 valence electrons. The van der Waals surface area contributed by atoms with E-state index in [1.807, 2.05) is 19.2 Å². The lowest BCUT2D eigenvalue weighted by Crippen LogP contribution is -2.51. The van der Waals surface area contributed by atoms with Crippen molar-refractivity contribution in [2.75, 3.05) is 32.1 Å². The Bertz CT molecular complexity index is 760. The van der Waals surface area contributed by atoms with Gasteiger partial charge in [0.25, 0.3) is 0 Å². The molecule has 1 fully saturated rings. The Morgan fingerprint density at radius 1 is 1.44 bits per heavy atom. The molecule has 2 heterocycles. The van der Waals surface area contributed by atoms with Crippen LogP contribution in [0.5, 0.6) is 5.75 Å². The van der Waals surface area contributed by atoms with Crippen molar-refractivity contribution in [2.45, 2.75) is 38.8 Å². The number of aryl methyl sites for hydroxylation is 1. The summed E-state index contributed by atoms with van der Waals surface area (Å²) < 4.78 is 5.36. The third kappa shape index (κ3) is 5.35.